The Morgan fingerprint density at radius 3 is 2.45 bits per heavy atom. The molecule has 0 amide bonds. The van der Waals surface area contributed by atoms with Crippen LogP contribution in [-0.4, -0.2) is 83.6 Å². The molecule has 2 aromatic carbocycles. The molecule has 4 fully saturated rings. The number of piperidine rings is 1. The molecule has 53 heavy (non-hydrogen) atoms. The van der Waals surface area contributed by atoms with Gasteiger partial charge in [-0.1, -0.05) is 53.5 Å². The third-order valence-electron chi connectivity index (χ3n) is 13.0. The highest BCUT2D eigenvalue weighted by molar-refractivity contribution is 6.90. The first-order chi connectivity index (χ1) is 25.2. The predicted octanol–water partition coefficient (Wildman–Crippen LogP) is 7.75. The van der Waals surface area contributed by atoms with Crippen LogP contribution in [0.3, 0.4) is 0 Å². The van der Waals surface area contributed by atoms with Crippen molar-refractivity contribution in [3.8, 4) is 34.5 Å². The minimum Gasteiger partial charge on any atom is -0.508 e. The Labute approximate surface area is 310 Å². The van der Waals surface area contributed by atoms with Crippen LogP contribution in [0.15, 0.2) is 30.5 Å². The van der Waals surface area contributed by atoms with Crippen molar-refractivity contribution in [2.75, 3.05) is 37.7 Å². The summed E-state index contributed by atoms with van der Waals surface area (Å²) in [6.45, 7) is 15.9. The summed E-state index contributed by atoms with van der Waals surface area (Å²) < 4.78 is 54.1. The third-order valence-corrected chi connectivity index (χ3v) is 19.3. The number of rotatable bonds is 8. The second kappa shape index (κ2) is 13.1. The molecule has 5 heterocycles. The molecule has 1 aliphatic carbocycles. The fourth-order valence-corrected chi connectivity index (χ4v) is 15.5. The molecule has 12 heteroatoms. The lowest BCUT2D eigenvalue weighted by atomic mass is 9.95. The summed E-state index contributed by atoms with van der Waals surface area (Å²) in [5, 5.41) is 12.2. The summed E-state index contributed by atoms with van der Waals surface area (Å²) in [5.41, 5.74) is 10.7. The number of alkyl halides is 1. The number of phenolic OH excluding ortho intramolecular Hbond substituents is 1. The van der Waals surface area contributed by atoms with Crippen LogP contribution in [0, 0.1) is 34.9 Å². The zero-order valence-electron chi connectivity index (χ0n) is 31.4. The summed E-state index contributed by atoms with van der Waals surface area (Å²) in [4.78, 5) is 18.3. The number of ether oxygens (including phenoxy) is 1. The molecule has 280 valence electrons. The van der Waals surface area contributed by atoms with E-state index in [9.17, 15) is 9.50 Å². The molecular weight excluding hydrogens is 694 g/mol. The van der Waals surface area contributed by atoms with Crippen LogP contribution >= 0.6 is 0 Å². The molecule has 0 radical (unpaired) electrons. The van der Waals surface area contributed by atoms with Gasteiger partial charge in [-0.2, -0.15) is 9.97 Å². The first-order valence-electron chi connectivity index (χ1n) is 19.1. The van der Waals surface area contributed by atoms with Gasteiger partial charge >= 0.3 is 6.01 Å². The van der Waals surface area contributed by atoms with E-state index in [1.807, 2.05) is 0 Å². The normalized spacial score (nSPS) is 25.5. The minimum atomic E-state index is -2.27. The number of pyridine rings is 1. The summed E-state index contributed by atoms with van der Waals surface area (Å²) in [5.74, 6) is 3.07. The number of hydrogen-bond acceptors (Lipinski definition) is 8. The summed E-state index contributed by atoms with van der Waals surface area (Å²) in [6, 6.07) is 6.02. The maximum absolute atomic E-state index is 17.2. The number of phenols is 1. The number of halogens is 3. The highest BCUT2D eigenvalue weighted by atomic mass is 28.3. The Hall–Kier alpha value is -3.92. The van der Waals surface area contributed by atoms with Crippen molar-refractivity contribution in [1.29, 1.82) is 0 Å². The smallest absolute Gasteiger partial charge is 0.319 e. The number of hydrogen-bond donors (Lipinski definition) is 2. The van der Waals surface area contributed by atoms with Crippen LogP contribution in [0.1, 0.15) is 66.4 Å². The predicted molar refractivity (Wildman–Crippen MR) is 205 cm³/mol. The maximum atomic E-state index is 17.2. The number of fused-ring (bicyclic) bond motifs is 4. The largest absolute Gasteiger partial charge is 0.508 e. The van der Waals surface area contributed by atoms with Crippen LogP contribution in [0.4, 0.5) is 19.0 Å². The van der Waals surface area contributed by atoms with Gasteiger partial charge in [0, 0.05) is 49.2 Å². The lowest BCUT2D eigenvalue weighted by Gasteiger charge is -2.38. The van der Waals surface area contributed by atoms with Crippen molar-refractivity contribution in [1.82, 2.24) is 19.9 Å². The molecule has 3 aliphatic heterocycles. The number of anilines is 1. The van der Waals surface area contributed by atoms with Gasteiger partial charge in [0.2, 0.25) is 0 Å². The fourth-order valence-electron chi connectivity index (χ4n) is 10.2. The molecule has 3 N–H and O–H groups in total. The molecule has 8 nitrogen and oxygen atoms in total. The lowest BCUT2D eigenvalue weighted by Crippen LogP contribution is -2.43. The fraction of sp³-hybridized carbons (Fsp3) is 0.537. The number of benzene rings is 2. The van der Waals surface area contributed by atoms with Gasteiger partial charge in [-0.25, -0.2) is 13.2 Å². The summed E-state index contributed by atoms with van der Waals surface area (Å²) in [7, 11) is -2.27. The average Bonchev–Trinajstić information content (AvgIpc) is 3.47. The van der Waals surface area contributed by atoms with E-state index in [1.165, 1.54) is 18.2 Å². The molecule has 0 bridgehead atoms. The van der Waals surface area contributed by atoms with Gasteiger partial charge in [0.25, 0.3) is 0 Å². The number of aromatic nitrogens is 3. The van der Waals surface area contributed by atoms with E-state index < -0.39 is 31.4 Å². The Morgan fingerprint density at radius 2 is 1.75 bits per heavy atom. The quantitative estimate of drug-likeness (QED) is 0.140. The number of aromatic hydroxyl groups is 1. The molecule has 8 rings (SSSR count). The van der Waals surface area contributed by atoms with Crippen molar-refractivity contribution >= 4 is 35.6 Å². The summed E-state index contributed by atoms with van der Waals surface area (Å²) >= 11 is 0. The van der Waals surface area contributed by atoms with Crippen molar-refractivity contribution in [2.24, 2.45) is 17.6 Å². The zero-order chi connectivity index (χ0) is 37.6. The first-order valence-corrected chi connectivity index (χ1v) is 21.3. The van der Waals surface area contributed by atoms with Gasteiger partial charge in [0.1, 0.15) is 49.4 Å². The molecule has 4 aliphatic rings. The van der Waals surface area contributed by atoms with Gasteiger partial charge in [-0.3, -0.25) is 9.88 Å². The number of nitrogens with zero attached hydrogens (tertiary/aromatic N) is 5. The van der Waals surface area contributed by atoms with Gasteiger partial charge in [0.05, 0.1) is 16.5 Å². The molecule has 0 spiro atoms. The molecule has 4 aromatic rings. The van der Waals surface area contributed by atoms with E-state index in [2.05, 4.69) is 72.8 Å². The maximum Gasteiger partial charge on any atom is 0.319 e. The minimum absolute atomic E-state index is 0.00168. The van der Waals surface area contributed by atoms with E-state index in [4.69, 9.17) is 15.5 Å². The second-order valence-corrected chi connectivity index (χ2v) is 22.4. The highest BCUT2D eigenvalue weighted by Crippen LogP contribution is 2.47. The van der Waals surface area contributed by atoms with Gasteiger partial charge in [-0.15, -0.1) is 5.54 Å². The van der Waals surface area contributed by atoms with E-state index in [1.54, 1.807) is 12.3 Å². The molecular formula is C41H49F3N6O2Si. The number of nitrogens with two attached hydrogens (primary N) is 1. The molecule has 0 unspecified atom stereocenters. The van der Waals surface area contributed by atoms with Crippen molar-refractivity contribution in [2.45, 2.75) is 95.2 Å². The lowest BCUT2D eigenvalue weighted by molar-refractivity contribution is 0.107. The zero-order valence-corrected chi connectivity index (χ0v) is 32.4. The summed E-state index contributed by atoms with van der Waals surface area (Å²) in [6.07, 6.45) is 2.78. The van der Waals surface area contributed by atoms with Crippen LogP contribution in [0.2, 0.25) is 16.6 Å². The van der Waals surface area contributed by atoms with E-state index in [0.29, 0.717) is 76.5 Å². The van der Waals surface area contributed by atoms with Crippen LogP contribution in [0.25, 0.3) is 32.9 Å². The molecule has 5 atom stereocenters. The van der Waals surface area contributed by atoms with E-state index >= 15 is 8.78 Å². The van der Waals surface area contributed by atoms with Crippen LogP contribution in [0.5, 0.6) is 11.8 Å². The Morgan fingerprint density at radius 1 is 1.04 bits per heavy atom. The first kappa shape index (κ1) is 36.1. The third kappa shape index (κ3) is 5.85. The van der Waals surface area contributed by atoms with Gasteiger partial charge < -0.3 is 20.5 Å². The van der Waals surface area contributed by atoms with Crippen LogP contribution < -0.4 is 15.4 Å². The average molecular weight is 743 g/mol. The van der Waals surface area contributed by atoms with E-state index in [-0.39, 0.29) is 46.7 Å². The van der Waals surface area contributed by atoms with Gasteiger partial charge in [0.15, 0.2) is 5.82 Å². The monoisotopic (exact) mass is 742 g/mol. The van der Waals surface area contributed by atoms with Crippen molar-refractivity contribution in [3.05, 3.63) is 47.7 Å². The molecule has 3 saturated heterocycles. The SMILES string of the molecule is CC(C)[Si](C#Cc1c(F)ccc2cc(O)cc(-c3ncc4c(N5C[C@@H]6[C@H](N)[C@@H]6C5)nc(OC[C@@]56CCCN5C[C@H](F)C6)nc4c3F)c12)(C(C)C)C(C)C. The Kier molecular flexibility index (Phi) is 8.94. The van der Waals surface area contributed by atoms with Gasteiger partial charge in [-0.05, 0) is 71.4 Å². The highest BCUT2D eigenvalue weighted by Gasteiger charge is 2.54. The topological polar surface area (TPSA) is 101 Å². The van der Waals surface area contributed by atoms with Crippen molar-refractivity contribution in [3.63, 3.8) is 0 Å². The van der Waals surface area contributed by atoms with Crippen molar-refractivity contribution < 1.29 is 23.0 Å². The Balaban J connectivity index is 1.28. The second-order valence-electron chi connectivity index (χ2n) is 16.8. The Bertz CT molecular complexity index is 2140. The standard InChI is InChI=1S/C41H49F3N6O2Si/c1-22(2)53(23(3)4,24(5)6)13-10-28-33(43)9-8-25-14-27(51)15-29(34(25)28)37-35(44)38-30(17-46-37)39(49-19-31-32(20-49)36(31)45)48-40(47-38)52-21-41-11-7-12-50(41)18-26(42)16-41/h8-9,14-15,17,22-24,26,31-32,36,51H,7,11-12,16,18-21,45H2,1-6H3/t26-,31-,32+,36-,41+/m1/s1. The molecule has 1 saturated carbocycles. The van der Waals surface area contributed by atoms with E-state index in [0.717, 1.165) is 19.4 Å². The molecule has 2 aromatic heterocycles. The van der Waals surface area contributed by atoms with Crippen LogP contribution in [-0.2, 0) is 0 Å².